The van der Waals surface area contributed by atoms with E-state index in [-0.39, 0.29) is 11.9 Å². The van der Waals surface area contributed by atoms with Crippen molar-refractivity contribution in [3.8, 4) is 5.69 Å². The lowest BCUT2D eigenvalue weighted by atomic mass is 10.2. The molecule has 0 saturated carbocycles. The normalized spacial score (nSPS) is 12.0. The number of para-hydroxylation sites is 1. The number of carbonyl (C=O) groups excluding carboxylic acids is 1. The minimum absolute atomic E-state index is 0.0415. The molecule has 1 amide bonds. The Labute approximate surface area is 137 Å². The predicted molar refractivity (Wildman–Crippen MR) is 91.2 cm³/mol. The quantitative estimate of drug-likeness (QED) is 0.708. The molecule has 3 aromatic rings. The molecule has 0 bridgehead atoms. The van der Waals surface area contributed by atoms with Crippen LogP contribution in [0.1, 0.15) is 28.3 Å². The molecular formula is C16H15N3OS2. The summed E-state index contributed by atoms with van der Waals surface area (Å²) in [6.45, 7) is 1.97. The highest BCUT2D eigenvalue weighted by Crippen LogP contribution is 2.19. The molecule has 4 nitrogen and oxygen atoms in total. The van der Waals surface area contributed by atoms with Crippen molar-refractivity contribution >= 4 is 29.5 Å². The van der Waals surface area contributed by atoms with Crippen LogP contribution in [0.5, 0.6) is 0 Å². The Hall–Kier alpha value is -2.18. The van der Waals surface area contributed by atoms with Crippen molar-refractivity contribution < 1.29 is 4.79 Å². The molecule has 1 atom stereocenters. The summed E-state index contributed by atoms with van der Waals surface area (Å²) in [4.78, 5) is 16.6. The highest BCUT2D eigenvalue weighted by Gasteiger charge is 2.17. The van der Waals surface area contributed by atoms with E-state index in [2.05, 4.69) is 10.3 Å². The van der Waals surface area contributed by atoms with Gasteiger partial charge in [-0.3, -0.25) is 9.36 Å². The summed E-state index contributed by atoms with van der Waals surface area (Å²) in [5.41, 5.74) is 1.36. The Morgan fingerprint density at radius 3 is 2.73 bits per heavy atom. The van der Waals surface area contributed by atoms with Crippen molar-refractivity contribution in [2.75, 3.05) is 0 Å². The standard InChI is InChI=1S/C16H15N3OS2/c1-11(14-8-5-9-22-14)18-15(20)13-10-17-16(21)19(13)12-6-3-2-4-7-12/h2-11H,1H3,(H,17,21)(H,18,20). The van der Waals surface area contributed by atoms with Crippen LogP contribution in [0.3, 0.4) is 0 Å². The van der Waals surface area contributed by atoms with Gasteiger partial charge in [0.05, 0.1) is 6.04 Å². The number of hydrogen-bond donors (Lipinski definition) is 2. The zero-order valence-corrected chi connectivity index (χ0v) is 13.6. The molecule has 1 unspecified atom stereocenters. The van der Waals surface area contributed by atoms with Crippen LogP contribution in [0.2, 0.25) is 0 Å². The molecule has 0 aliphatic heterocycles. The van der Waals surface area contributed by atoms with Crippen molar-refractivity contribution in [1.29, 1.82) is 0 Å². The molecule has 2 N–H and O–H groups in total. The summed E-state index contributed by atoms with van der Waals surface area (Å²) in [6.07, 6.45) is 1.64. The second-order valence-electron chi connectivity index (χ2n) is 4.86. The van der Waals surface area contributed by atoms with Gasteiger partial charge in [0.2, 0.25) is 0 Å². The summed E-state index contributed by atoms with van der Waals surface area (Å²) >= 11 is 6.92. The van der Waals surface area contributed by atoms with Gasteiger partial charge in [-0.05, 0) is 42.7 Å². The third-order valence-electron chi connectivity index (χ3n) is 3.34. The van der Waals surface area contributed by atoms with Gasteiger partial charge in [-0.1, -0.05) is 24.3 Å². The van der Waals surface area contributed by atoms with E-state index < -0.39 is 0 Å². The number of H-pyrrole nitrogens is 1. The summed E-state index contributed by atoms with van der Waals surface area (Å²) in [5, 5.41) is 5.01. The topological polar surface area (TPSA) is 49.8 Å². The molecule has 22 heavy (non-hydrogen) atoms. The maximum atomic E-state index is 12.6. The minimum atomic E-state index is -0.155. The van der Waals surface area contributed by atoms with E-state index in [0.29, 0.717) is 10.5 Å². The van der Waals surface area contributed by atoms with Crippen molar-refractivity contribution in [1.82, 2.24) is 14.9 Å². The van der Waals surface area contributed by atoms with Crippen molar-refractivity contribution in [3.05, 3.63) is 69.4 Å². The van der Waals surface area contributed by atoms with Gasteiger partial charge in [0.15, 0.2) is 4.77 Å². The Bertz CT molecular complexity index is 819. The smallest absolute Gasteiger partial charge is 0.270 e. The van der Waals surface area contributed by atoms with Crippen LogP contribution in [0.15, 0.2) is 54.0 Å². The van der Waals surface area contributed by atoms with Gasteiger partial charge in [-0.25, -0.2) is 0 Å². The van der Waals surface area contributed by atoms with E-state index in [1.165, 1.54) is 0 Å². The molecular weight excluding hydrogens is 314 g/mol. The van der Waals surface area contributed by atoms with Gasteiger partial charge in [0, 0.05) is 16.8 Å². The summed E-state index contributed by atoms with van der Waals surface area (Å²) in [5.74, 6) is -0.155. The van der Waals surface area contributed by atoms with E-state index in [1.807, 2.05) is 54.8 Å². The third kappa shape index (κ3) is 2.88. The lowest BCUT2D eigenvalue weighted by Gasteiger charge is -2.13. The first-order valence-electron chi connectivity index (χ1n) is 6.87. The molecule has 0 fully saturated rings. The number of aromatic amines is 1. The number of hydrogen-bond acceptors (Lipinski definition) is 3. The Balaban J connectivity index is 1.90. The number of nitrogens with zero attached hydrogens (tertiary/aromatic N) is 1. The molecule has 3 rings (SSSR count). The SMILES string of the molecule is CC(NC(=O)c1c[nH]c(=S)n1-c1ccccc1)c1cccs1. The predicted octanol–water partition coefficient (Wildman–Crippen LogP) is 4.09. The maximum absolute atomic E-state index is 12.6. The number of benzene rings is 1. The van der Waals surface area contributed by atoms with Crippen molar-refractivity contribution in [2.45, 2.75) is 13.0 Å². The maximum Gasteiger partial charge on any atom is 0.270 e. The molecule has 0 spiro atoms. The molecule has 1 aromatic carbocycles. The zero-order chi connectivity index (χ0) is 15.5. The first kappa shape index (κ1) is 14.7. The van der Waals surface area contributed by atoms with Crippen LogP contribution in [-0.2, 0) is 0 Å². The van der Waals surface area contributed by atoms with Crippen molar-refractivity contribution in [2.24, 2.45) is 0 Å². The molecule has 0 aliphatic rings. The summed E-state index contributed by atoms with van der Waals surface area (Å²) in [6, 6.07) is 13.5. The lowest BCUT2D eigenvalue weighted by Crippen LogP contribution is -2.28. The monoisotopic (exact) mass is 329 g/mol. The van der Waals surface area contributed by atoms with E-state index in [0.717, 1.165) is 10.6 Å². The Morgan fingerprint density at radius 1 is 1.27 bits per heavy atom. The fraction of sp³-hybridized carbons (Fsp3) is 0.125. The molecule has 0 aliphatic carbocycles. The number of amides is 1. The average Bonchev–Trinajstić information content (AvgIpc) is 3.17. The highest BCUT2D eigenvalue weighted by atomic mass is 32.1. The first-order chi connectivity index (χ1) is 10.7. The number of aromatic nitrogens is 2. The molecule has 0 saturated heterocycles. The number of thiophene rings is 1. The van der Waals surface area contributed by atoms with Crippen LogP contribution in [0.4, 0.5) is 0 Å². The molecule has 0 radical (unpaired) electrons. The summed E-state index contributed by atoms with van der Waals surface area (Å²) in [7, 11) is 0. The van der Waals surface area contributed by atoms with E-state index in [4.69, 9.17) is 12.2 Å². The molecule has 2 aromatic heterocycles. The fourth-order valence-electron chi connectivity index (χ4n) is 2.25. The summed E-state index contributed by atoms with van der Waals surface area (Å²) < 4.78 is 2.24. The average molecular weight is 329 g/mol. The Kier molecular flexibility index (Phi) is 4.22. The van der Waals surface area contributed by atoms with Gasteiger partial charge in [0.25, 0.3) is 5.91 Å². The van der Waals surface area contributed by atoms with Gasteiger partial charge >= 0.3 is 0 Å². The van der Waals surface area contributed by atoms with E-state index in [1.54, 1.807) is 22.1 Å². The lowest BCUT2D eigenvalue weighted by molar-refractivity contribution is 0.0933. The second kappa shape index (κ2) is 6.29. The van der Waals surface area contributed by atoms with Crippen molar-refractivity contribution in [3.63, 3.8) is 0 Å². The molecule has 2 heterocycles. The first-order valence-corrected chi connectivity index (χ1v) is 8.15. The van der Waals surface area contributed by atoms with E-state index >= 15 is 0 Å². The van der Waals surface area contributed by atoms with Crippen LogP contribution in [0, 0.1) is 4.77 Å². The second-order valence-corrected chi connectivity index (χ2v) is 6.23. The zero-order valence-electron chi connectivity index (χ0n) is 11.9. The molecule has 112 valence electrons. The van der Waals surface area contributed by atoms with Gasteiger partial charge < -0.3 is 10.3 Å². The molecule has 6 heteroatoms. The fourth-order valence-corrected chi connectivity index (χ4v) is 3.25. The van der Waals surface area contributed by atoms with Crippen LogP contribution >= 0.6 is 23.6 Å². The Morgan fingerprint density at radius 2 is 2.05 bits per heavy atom. The number of imidazole rings is 1. The third-order valence-corrected chi connectivity index (χ3v) is 4.70. The van der Waals surface area contributed by atoms with Crippen LogP contribution < -0.4 is 5.32 Å². The largest absolute Gasteiger partial charge is 0.343 e. The van der Waals surface area contributed by atoms with Crippen LogP contribution in [-0.4, -0.2) is 15.5 Å². The van der Waals surface area contributed by atoms with Gasteiger partial charge in [-0.2, -0.15) is 0 Å². The highest BCUT2D eigenvalue weighted by molar-refractivity contribution is 7.71. The number of rotatable bonds is 4. The number of nitrogens with one attached hydrogen (secondary N) is 2. The number of carbonyl (C=O) groups is 1. The van der Waals surface area contributed by atoms with Crippen LogP contribution in [0.25, 0.3) is 5.69 Å². The minimum Gasteiger partial charge on any atom is -0.343 e. The van der Waals surface area contributed by atoms with Gasteiger partial charge in [-0.15, -0.1) is 11.3 Å². The van der Waals surface area contributed by atoms with Gasteiger partial charge in [0.1, 0.15) is 5.69 Å². The van der Waals surface area contributed by atoms with E-state index in [9.17, 15) is 4.79 Å².